The molecule has 6 nitrogen and oxygen atoms in total. The molecule has 0 saturated carbocycles. The van der Waals surface area contributed by atoms with Crippen molar-refractivity contribution in [2.24, 2.45) is 0 Å². The summed E-state index contributed by atoms with van der Waals surface area (Å²) in [6, 6.07) is -0.712. The maximum Gasteiger partial charge on any atom is 0.306 e. The van der Waals surface area contributed by atoms with Crippen LogP contribution in [0.2, 0.25) is 0 Å². The number of carbonyl (C=O) groups excluding carboxylic acids is 2. The Bertz CT molecular complexity index is 1130. The van der Waals surface area contributed by atoms with Crippen LogP contribution in [-0.2, 0) is 14.3 Å². The van der Waals surface area contributed by atoms with Gasteiger partial charge in [-0.1, -0.05) is 223 Å². The normalized spacial score (nSPS) is 13.7. The molecule has 0 aliphatic rings. The number of esters is 1. The van der Waals surface area contributed by atoms with Crippen molar-refractivity contribution in [3.63, 3.8) is 0 Å². The van der Waals surface area contributed by atoms with Crippen molar-refractivity contribution in [3.8, 4) is 0 Å². The summed E-state index contributed by atoms with van der Waals surface area (Å²) in [6.07, 6.45) is 62.8. The van der Waals surface area contributed by atoms with Gasteiger partial charge >= 0.3 is 5.97 Å². The smallest absolute Gasteiger partial charge is 0.306 e. The van der Waals surface area contributed by atoms with Crippen LogP contribution >= 0.6 is 0 Å². The van der Waals surface area contributed by atoms with Crippen molar-refractivity contribution in [2.45, 2.75) is 283 Å². The predicted molar refractivity (Wildman–Crippen MR) is 273 cm³/mol. The van der Waals surface area contributed by atoms with Crippen LogP contribution in [0.3, 0.4) is 0 Å². The van der Waals surface area contributed by atoms with Gasteiger partial charge in [-0.15, -0.1) is 0 Å². The highest BCUT2D eigenvalue weighted by Gasteiger charge is 2.24. The first-order chi connectivity index (χ1) is 31.0. The second-order valence-corrected chi connectivity index (χ2v) is 18.2. The van der Waals surface area contributed by atoms with E-state index in [9.17, 15) is 19.8 Å². The van der Waals surface area contributed by atoms with Crippen LogP contribution < -0.4 is 5.32 Å². The highest BCUT2D eigenvalue weighted by Crippen LogP contribution is 2.18. The molecule has 3 N–H and O–H groups in total. The van der Waals surface area contributed by atoms with Crippen LogP contribution in [0.1, 0.15) is 265 Å². The number of carbonyl (C=O) groups is 2. The van der Waals surface area contributed by atoms with Gasteiger partial charge in [-0.2, -0.15) is 0 Å². The lowest BCUT2D eigenvalue weighted by Crippen LogP contribution is -2.46. The number of aliphatic hydroxyl groups is 2. The number of aliphatic hydroxyl groups excluding tert-OH is 2. The molecule has 3 unspecified atom stereocenters. The molecule has 0 fully saturated rings. The van der Waals surface area contributed by atoms with Crippen LogP contribution in [0.5, 0.6) is 0 Å². The lowest BCUT2D eigenvalue weighted by molar-refractivity contribution is -0.151. The molecular weight excluding hydrogens is 779 g/mol. The molecule has 0 saturated heterocycles. The Morgan fingerprint density at radius 1 is 0.476 bits per heavy atom. The minimum absolute atomic E-state index is 0.0580. The molecule has 0 spiro atoms. The second kappa shape index (κ2) is 50.6. The van der Waals surface area contributed by atoms with Crippen LogP contribution in [0.15, 0.2) is 60.8 Å². The number of nitrogens with one attached hydrogen (secondary N) is 1. The summed E-state index contributed by atoms with van der Waals surface area (Å²) < 4.78 is 5.92. The topological polar surface area (TPSA) is 95.9 Å². The van der Waals surface area contributed by atoms with Gasteiger partial charge in [-0.3, -0.25) is 9.59 Å². The number of rotatable bonds is 48. The zero-order valence-corrected chi connectivity index (χ0v) is 41.7. The lowest BCUT2D eigenvalue weighted by atomic mass is 10.0. The lowest BCUT2D eigenvalue weighted by Gasteiger charge is -2.24. The molecule has 0 rings (SSSR count). The Balaban J connectivity index is 4.57. The number of unbranched alkanes of at least 4 members (excludes halogenated alkanes) is 26. The van der Waals surface area contributed by atoms with Gasteiger partial charge in [0, 0.05) is 6.42 Å². The molecule has 1 amide bonds. The van der Waals surface area contributed by atoms with E-state index in [4.69, 9.17) is 4.74 Å². The Kier molecular flexibility index (Phi) is 48.6. The molecule has 63 heavy (non-hydrogen) atoms. The Labute approximate surface area is 390 Å². The Morgan fingerprint density at radius 2 is 0.857 bits per heavy atom. The summed E-state index contributed by atoms with van der Waals surface area (Å²) in [5.74, 6) is -0.510. The van der Waals surface area contributed by atoms with E-state index in [1.165, 1.54) is 116 Å². The standard InChI is InChI=1S/C57H103NO5/c1-4-7-10-13-16-19-22-25-27-28-30-32-35-38-41-44-47-50-57(62)63-53(48-45-42-39-36-33-24-21-18-15-12-9-6-3)51-56(61)58-54(52-59)55(60)49-46-43-40-37-34-31-29-26-23-20-17-14-11-8-5-2/h9,12,16,18-19,21,25,27,30,32,53-55,59-60H,4-8,10-11,13-15,17,20,22-24,26,28-29,31,33-52H2,1-3H3,(H,58,61)/b12-9+,19-16-,21-18+,27-25-,32-30-. The fourth-order valence-corrected chi connectivity index (χ4v) is 8.00. The average Bonchev–Trinajstić information content (AvgIpc) is 3.28. The monoisotopic (exact) mass is 882 g/mol. The van der Waals surface area contributed by atoms with E-state index >= 15 is 0 Å². The number of hydrogen-bond donors (Lipinski definition) is 3. The number of hydrogen-bond acceptors (Lipinski definition) is 5. The molecule has 6 heteroatoms. The molecule has 0 aromatic heterocycles. The second-order valence-electron chi connectivity index (χ2n) is 18.2. The zero-order valence-electron chi connectivity index (χ0n) is 41.7. The highest BCUT2D eigenvalue weighted by molar-refractivity contribution is 5.77. The molecule has 0 bridgehead atoms. The first kappa shape index (κ1) is 60.6. The van der Waals surface area contributed by atoms with E-state index in [2.05, 4.69) is 86.8 Å². The third-order valence-electron chi connectivity index (χ3n) is 12.1. The van der Waals surface area contributed by atoms with E-state index in [0.29, 0.717) is 19.3 Å². The molecule has 366 valence electrons. The van der Waals surface area contributed by atoms with Crippen molar-refractivity contribution in [1.82, 2.24) is 5.32 Å². The van der Waals surface area contributed by atoms with Crippen molar-refractivity contribution < 1.29 is 24.5 Å². The molecule has 0 aromatic carbocycles. The van der Waals surface area contributed by atoms with E-state index < -0.39 is 18.2 Å². The molecule has 0 heterocycles. The average molecular weight is 882 g/mol. The fourth-order valence-electron chi connectivity index (χ4n) is 8.00. The predicted octanol–water partition coefficient (Wildman–Crippen LogP) is 16.4. The SMILES string of the molecule is CC/C=C/C/C=C/CCCCCCCC(CC(=O)NC(CO)C(O)CCCCCCCCCCCCCCCCC)OC(=O)CCCCCC/C=C\C/C=C\C/C=C\CCCCC. The van der Waals surface area contributed by atoms with Gasteiger partial charge < -0.3 is 20.3 Å². The summed E-state index contributed by atoms with van der Waals surface area (Å²) in [5, 5.41) is 23.8. The van der Waals surface area contributed by atoms with Crippen molar-refractivity contribution in [1.29, 1.82) is 0 Å². The summed E-state index contributed by atoms with van der Waals surface area (Å²) in [6.45, 7) is 6.35. The summed E-state index contributed by atoms with van der Waals surface area (Å²) in [4.78, 5) is 26.2. The zero-order chi connectivity index (χ0) is 45.9. The van der Waals surface area contributed by atoms with Gasteiger partial charge in [0.15, 0.2) is 0 Å². The van der Waals surface area contributed by atoms with Crippen LogP contribution in [0.25, 0.3) is 0 Å². The molecule has 0 radical (unpaired) electrons. The van der Waals surface area contributed by atoms with Crippen LogP contribution in [0.4, 0.5) is 0 Å². The number of ether oxygens (including phenoxy) is 1. The molecule has 3 atom stereocenters. The van der Waals surface area contributed by atoms with Crippen LogP contribution in [0, 0.1) is 0 Å². The van der Waals surface area contributed by atoms with E-state index in [-0.39, 0.29) is 24.9 Å². The molecule has 0 aliphatic heterocycles. The number of amides is 1. The number of allylic oxidation sites excluding steroid dienone is 10. The minimum atomic E-state index is -0.797. The van der Waals surface area contributed by atoms with E-state index in [0.717, 1.165) is 103 Å². The Morgan fingerprint density at radius 3 is 1.33 bits per heavy atom. The molecule has 0 aliphatic carbocycles. The molecule has 0 aromatic rings. The fraction of sp³-hybridized carbons (Fsp3) is 0.789. The van der Waals surface area contributed by atoms with Gasteiger partial charge in [0.25, 0.3) is 0 Å². The van der Waals surface area contributed by atoms with Gasteiger partial charge in [-0.25, -0.2) is 0 Å². The summed E-state index contributed by atoms with van der Waals surface area (Å²) in [7, 11) is 0. The maximum absolute atomic E-state index is 13.2. The highest BCUT2D eigenvalue weighted by atomic mass is 16.5. The summed E-state index contributed by atoms with van der Waals surface area (Å²) in [5.41, 5.74) is 0. The summed E-state index contributed by atoms with van der Waals surface area (Å²) >= 11 is 0. The van der Waals surface area contributed by atoms with Crippen molar-refractivity contribution in [3.05, 3.63) is 60.8 Å². The largest absolute Gasteiger partial charge is 0.462 e. The first-order valence-corrected chi connectivity index (χ1v) is 27.0. The van der Waals surface area contributed by atoms with E-state index in [1.807, 2.05) is 0 Å². The van der Waals surface area contributed by atoms with E-state index in [1.54, 1.807) is 0 Å². The van der Waals surface area contributed by atoms with Gasteiger partial charge in [0.05, 0.1) is 25.2 Å². The van der Waals surface area contributed by atoms with Gasteiger partial charge in [0.1, 0.15) is 6.10 Å². The van der Waals surface area contributed by atoms with Crippen molar-refractivity contribution in [2.75, 3.05) is 6.61 Å². The quantitative estimate of drug-likeness (QED) is 0.0321. The van der Waals surface area contributed by atoms with Gasteiger partial charge in [-0.05, 0) is 89.9 Å². The Hall–Kier alpha value is -2.44. The third-order valence-corrected chi connectivity index (χ3v) is 12.1. The third kappa shape index (κ3) is 45.9. The first-order valence-electron chi connectivity index (χ1n) is 27.0. The minimum Gasteiger partial charge on any atom is -0.462 e. The van der Waals surface area contributed by atoms with Crippen LogP contribution in [-0.4, -0.2) is 46.9 Å². The van der Waals surface area contributed by atoms with Gasteiger partial charge in [0.2, 0.25) is 5.91 Å². The molecular formula is C57H103NO5. The van der Waals surface area contributed by atoms with Crippen molar-refractivity contribution >= 4 is 11.9 Å². The maximum atomic E-state index is 13.2.